The number of thiazole rings is 1. The second-order valence-electron chi connectivity index (χ2n) is 6.22. The van der Waals surface area contributed by atoms with Gasteiger partial charge in [0.25, 0.3) is 5.69 Å². The Bertz CT molecular complexity index is 1140. The Morgan fingerprint density at radius 3 is 2.75 bits per heavy atom. The maximum Gasteiger partial charge on any atom is 0.276 e. The largest absolute Gasteiger partial charge is 0.276 e. The Morgan fingerprint density at radius 1 is 1.25 bits per heavy atom. The molecule has 3 aromatic rings. The van der Waals surface area contributed by atoms with Crippen molar-refractivity contribution in [3.05, 3.63) is 91.8 Å². The molecule has 0 aliphatic carbocycles. The van der Waals surface area contributed by atoms with Crippen LogP contribution in [0.4, 0.5) is 5.69 Å². The van der Waals surface area contributed by atoms with E-state index in [1.807, 2.05) is 31.4 Å². The van der Waals surface area contributed by atoms with Gasteiger partial charge >= 0.3 is 0 Å². The molecule has 0 radical (unpaired) electrons. The van der Waals surface area contributed by atoms with Crippen molar-refractivity contribution in [1.29, 1.82) is 5.26 Å². The van der Waals surface area contributed by atoms with Gasteiger partial charge in [-0.25, -0.2) is 4.98 Å². The molecular formula is C22H17N3O2S. The highest BCUT2D eigenvalue weighted by atomic mass is 32.1. The number of nitriles is 1. The van der Waals surface area contributed by atoms with Crippen molar-refractivity contribution in [3.63, 3.8) is 0 Å². The molecule has 0 unspecified atom stereocenters. The van der Waals surface area contributed by atoms with E-state index in [4.69, 9.17) is 0 Å². The minimum absolute atomic E-state index is 0.0250. The summed E-state index contributed by atoms with van der Waals surface area (Å²) >= 11 is 1.40. The highest BCUT2D eigenvalue weighted by Gasteiger charge is 2.11. The van der Waals surface area contributed by atoms with E-state index >= 15 is 0 Å². The van der Waals surface area contributed by atoms with Crippen LogP contribution in [-0.4, -0.2) is 9.91 Å². The zero-order valence-corrected chi connectivity index (χ0v) is 16.2. The van der Waals surface area contributed by atoms with Gasteiger partial charge in [0.1, 0.15) is 11.1 Å². The maximum absolute atomic E-state index is 11.1. The van der Waals surface area contributed by atoms with E-state index in [1.54, 1.807) is 36.4 Å². The predicted octanol–water partition coefficient (Wildman–Crippen LogP) is 5.96. The van der Waals surface area contributed by atoms with Crippen molar-refractivity contribution in [2.24, 2.45) is 0 Å². The van der Waals surface area contributed by atoms with Crippen molar-refractivity contribution in [2.75, 3.05) is 0 Å². The first-order valence-corrected chi connectivity index (χ1v) is 9.43. The van der Waals surface area contributed by atoms with Gasteiger partial charge in [0.05, 0.1) is 21.8 Å². The van der Waals surface area contributed by atoms with E-state index in [1.165, 1.54) is 23.0 Å². The van der Waals surface area contributed by atoms with Crippen LogP contribution in [0.5, 0.6) is 0 Å². The lowest BCUT2D eigenvalue weighted by Crippen LogP contribution is -1.90. The first-order valence-electron chi connectivity index (χ1n) is 8.55. The molecule has 0 saturated carbocycles. The molecule has 0 atom stereocenters. The van der Waals surface area contributed by atoms with Crippen LogP contribution in [0.2, 0.25) is 0 Å². The third-order valence-corrected chi connectivity index (χ3v) is 5.06. The van der Waals surface area contributed by atoms with Gasteiger partial charge in [0, 0.05) is 17.0 Å². The average Bonchev–Trinajstić information content (AvgIpc) is 3.15. The summed E-state index contributed by atoms with van der Waals surface area (Å²) in [6.07, 6.45) is 4.88. The van der Waals surface area contributed by atoms with Crippen LogP contribution in [0.1, 0.15) is 21.7 Å². The standard InChI is InChI=1S/C22H17N3O2S/c1-15-10-11-19(16(2)12-15)20-14-28-22(24-20)18(13-23)8-5-7-17-6-3-4-9-21(17)25(26)27/h3-12,14H,1-2H3. The van der Waals surface area contributed by atoms with Gasteiger partial charge in [-0.3, -0.25) is 10.1 Å². The van der Waals surface area contributed by atoms with Crippen molar-refractivity contribution < 1.29 is 4.92 Å². The summed E-state index contributed by atoms with van der Waals surface area (Å²) in [4.78, 5) is 15.3. The lowest BCUT2D eigenvalue weighted by Gasteiger charge is -2.03. The summed E-state index contributed by atoms with van der Waals surface area (Å²) in [6, 6.07) is 14.8. The van der Waals surface area contributed by atoms with E-state index in [2.05, 4.69) is 17.1 Å². The van der Waals surface area contributed by atoms with Gasteiger partial charge in [-0.2, -0.15) is 5.26 Å². The molecule has 0 fully saturated rings. The Balaban J connectivity index is 1.88. The molecule has 5 nitrogen and oxygen atoms in total. The lowest BCUT2D eigenvalue weighted by molar-refractivity contribution is -0.385. The summed E-state index contributed by atoms with van der Waals surface area (Å²) in [7, 11) is 0. The van der Waals surface area contributed by atoms with Gasteiger partial charge < -0.3 is 0 Å². The number of hydrogen-bond donors (Lipinski definition) is 0. The molecular weight excluding hydrogens is 370 g/mol. The molecule has 0 saturated heterocycles. The van der Waals surface area contributed by atoms with Crippen LogP contribution in [0.25, 0.3) is 22.9 Å². The van der Waals surface area contributed by atoms with Crippen LogP contribution in [-0.2, 0) is 0 Å². The summed E-state index contributed by atoms with van der Waals surface area (Å²) in [5.74, 6) is 0. The number of hydrogen-bond acceptors (Lipinski definition) is 5. The topological polar surface area (TPSA) is 79.8 Å². The van der Waals surface area contributed by atoms with E-state index in [0.29, 0.717) is 16.1 Å². The highest BCUT2D eigenvalue weighted by molar-refractivity contribution is 7.11. The number of allylic oxidation sites excluding steroid dienone is 3. The summed E-state index contributed by atoms with van der Waals surface area (Å²) < 4.78 is 0. The van der Waals surface area contributed by atoms with Gasteiger partial charge in [0.15, 0.2) is 0 Å². The number of aryl methyl sites for hydroxylation is 2. The molecule has 0 amide bonds. The molecule has 138 valence electrons. The smallest absolute Gasteiger partial charge is 0.258 e. The molecule has 0 spiro atoms. The van der Waals surface area contributed by atoms with Gasteiger partial charge in [-0.05, 0) is 37.6 Å². The molecule has 6 heteroatoms. The van der Waals surface area contributed by atoms with Crippen molar-refractivity contribution >= 4 is 28.7 Å². The zero-order valence-electron chi connectivity index (χ0n) is 15.4. The Kier molecular flexibility index (Phi) is 5.78. The van der Waals surface area contributed by atoms with Crippen molar-refractivity contribution in [3.8, 4) is 17.3 Å². The molecule has 1 heterocycles. The maximum atomic E-state index is 11.1. The second-order valence-corrected chi connectivity index (χ2v) is 7.08. The number of nitrogens with zero attached hydrogens (tertiary/aromatic N) is 3. The fourth-order valence-electron chi connectivity index (χ4n) is 2.82. The molecule has 28 heavy (non-hydrogen) atoms. The molecule has 0 bridgehead atoms. The van der Waals surface area contributed by atoms with Gasteiger partial charge in [0.2, 0.25) is 0 Å². The van der Waals surface area contributed by atoms with E-state index in [9.17, 15) is 15.4 Å². The van der Waals surface area contributed by atoms with Gasteiger partial charge in [-0.15, -0.1) is 11.3 Å². The highest BCUT2D eigenvalue weighted by Crippen LogP contribution is 2.29. The molecule has 0 N–H and O–H groups in total. The third kappa shape index (κ3) is 4.22. The fourth-order valence-corrected chi connectivity index (χ4v) is 3.62. The number of rotatable bonds is 5. The summed E-state index contributed by atoms with van der Waals surface area (Å²) in [5.41, 5.74) is 5.12. The average molecular weight is 387 g/mol. The first kappa shape index (κ1) is 19.2. The zero-order chi connectivity index (χ0) is 20.1. The third-order valence-electron chi connectivity index (χ3n) is 4.19. The summed E-state index contributed by atoms with van der Waals surface area (Å²) in [6.45, 7) is 4.08. The number of benzene rings is 2. The van der Waals surface area contributed by atoms with Crippen molar-refractivity contribution in [1.82, 2.24) is 4.98 Å². The predicted molar refractivity (Wildman–Crippen MR) is 113 cm³/mol. The van der Waals surface area contributed by atoms with Crippen LogP contribution in [0.3, 0.4) is 0 Å². The van der Waals surface area contributed by atoms with Crippen LogP contribution >= 0.6 is 11.3 Å². The molecule has 2 aromatic carbocycles. The van der Waals surface area contributed by atoms with E-state index in [-0.39, 0.29) is 5.69 Å². The number of para-hydroxylation sites is 1. The van der Waals surface area contributed by atoms with Crippen LogP contribution in [0, 0.1) is 35.3 Å². The Hall–Kier alpha value is -3.56. The summed E-state index contributed by atoms with van der Waals surface area (Å²) in [5, 5.41) is 23.1. The van der Waals surface area contributed by atoms with Crippen LogP contribution < -0.4 is 0 Å². The second kappa shape index (κ2) is 8.42. The first-order chi connectivity index (χ1) is 13.5. The van der Waals surface area contributed by atoms with Crippen molar-refractivity contribution in [2.45, 2.75) is 13.8 Å². The minimum Gasteiger partial charge on any atom is -0.258 e. The minimum atomic E-state index is -0.425. The molecule has 3 rings (SSSR count). The SMILES string of the molecule is Cc1ccc(-c2csc(C(C#N)=CC=Cc3ccccc3[N+](=O)[O-])n2)c(C)c1. The monoisotopic (exact) mass is 387 g/mol. The van der Waals surface area contributed by atoms with E-state index < -0.39 is 4.92 Å². The quantitative estimate of drug-likeness (QED) is 0.234. The van der Waals surface area contributed by atoms with Crippen LogP contribution in [0.15, 0.2) is 60.0 Å². The number of nitro benzene ring substituents is 1. The Morgan fingerprint density at radius 2 is 2.04 bits per heavy atom. The number of aromatic nitrogens is 1. The Labute approximate surface area is 167 Å². The normalized spacial score (nSPS) is 11.5. The molecule has 1 aromatic heterocycles. The fraction of sp³-hybridized carbons (Fsp3) is 0.0909. The lowest BCUT2D eigenvalue weighted by atomic mass is 10.0. The van der Waals surface area contributed by atoms with E-state index in [0.717, 1.165) is 16.8 Å². The van der Waals surface area contributed by atoms with Gasteiger partial charge in [-0.1, -0.05) is 42.0 Å². The molecule has 0 aliphatic heterocycles. The molecule has 0 aliphatic rings. The number of nitro groups is 1.